The molecule has 0 aromatic heterocycles. The maximum absolute atomic E-state index is 12.2. The van der Waals surface area contributed by atoms with E-state index in [9.17, 15) is 4.79 Å². The monoisotopic (exact) mass is 324 g/mol. The summed E-state index contributed by atoms with van der Waals surface area (Å²) in [5.74, 6) is 1.20. The Morgan fingerprint density at radius 1 is 1.25 bits per heavy atom. The molecule has 0 heterocycles. The Hall–Kier alpha value is -2.84. The Balaban J connectivity index is 2.00. The average molecular weight is 324 g/mol. The smallest absolute Gasteiger partial charge is 0.251 e. The van der Waals surface area contributed by atoms with Gasteiger partial charge in [0.05, 0.1) is 11.6 Å². The third kappa shape index (κ3) is 5.11. The summed E-state index contributed by atoms with van der Waals surface area (Å²) in [5, 5.41) is 20.5. The maximum atomic E-state index is 12.2. The van der Waals surface area contributed by atoms with Gasteiger partial charge in [0.15, 0.2) is 0 Å². The van der Waals surface area contributed by atoms with Gasteiger partial charge in [-0.25, -0.2) is 0 Å². The summed E-state index contributed by atoms with van der Waals surface area (Å²) in [6.45, 7) is 2.60. The molecule has 1 unspecified atom stereocenters. The number of amides is 1. The van der Waals surface area contributed by atoms with Gasteiger partial charge in [-0.1, -0.05) is 13.0 Å². The van der Waals surface area contributed by atoms with Crippen molar-refractivity contribution in [1.29, 1.82) is 5.26 Å². The molecule has 0 saturated heterocycles. The van der Waals surface area contributed by atoms with Crippen molar-refractivity contribution in [3.8, 4) is 17.6 Å². The van der Waals surface area contributed by atoms with Crippen LogP contribution >= 0.6 is 0 Å². The second kappa shape index (κ2) is 8.70. The first-order chi connectivity index (χ1) is 11.6. The average Bonchev–Trinajstić information content (AvgIpc) is 2.61. The van der Waals surface area contributed by atoms with Crippen molar-refractivity contribution in [2.45, 2.75) is 13.3 Å². The fourth-order valence-corrected chi connectivity index (χ4v) is 2.13. The van der Waals surface area contributed by atoms with Gasteiger partial charge in [0.25, 0.3) is 5.91 Å². The van der Waals surface area contributed by atoms with E-state index >= 15 is 0 Å². The first-order valence-electron chi connectivity index (χ1n) is 7.79. The van der Waals surface area contributed by atoms with Crippen LogP contribution in [0.1, 0.15) is 29.3 Å². The molecule has 0 fully saturated rings. The molecule has 1 atom stereocenters. The molecule has 0 radical (unpaired) electrons. The molecule has 0 saturated carbocycles. The summed E-state index contributed by atoms with van der Waals surface area (Å²) in [6.07, 6.45) is 0.655. The van der Waals surface area contributed by atoms with Gasteiger partial charge in [-0.15, -0.1) is 0 Å². The highest BCUT2D eigenvalue weighted by Gasteiger charge is 2.09. The number of nitrogens with one attached hydrogen (secondary N) is 1. The second-order valence-electron chi connectivity index (χ2n) is 5.59. The van der Waals surface area contributed by atoms with E-state index in [1.54, 1.807) is 48.5 Å². The van der Waals surface area contributed by atoms with Crippen LogP contribution in [0.25, 0.3) is 0 Å². The van der Waals surface area contributed by atoms with Gasteiger partial charge in [0.2, 0.25) is 0 Å². The molecular weight excluding hydrogens is 304 g/mol. The first kappa shape index (κ1) is 17.5. The Morgan fingerprint density at radius 2 is 2.00 bits per heavy atom. The number of nitrogens with zero attached hydrogens (tertiary/aromatic N) is 1. The van der Waals surface area contributed by atoms with Gasteiger partial charge in [-0.05, 0) is 54.8 Å². The van der Waals surface area contributed by atoms with E-state index in [0.29, 0.717) is 35.6 Å². The molecule has 2 aromatic rings. The van der Waals surface area contributed by atoms with E-state index in [0.717, 1.165) is 0 Å². The molecule has 24 heavy (non-hydrogen) atoms. The van der Waals surface area contributed by atoms with Crippen molar-refractivity contribution < 1.29 is 14.6 Å². The van der Waals surface area contributed by atoms with Crippen LogP contribution in [0.4, 0.5) is 0 Å². The van der Waals surface area contributed by atoms with Crippen LogP contribution in [0.5, 0.6) is 11.5 Å². The molecule has 2 N–H and O–H groups in total. The van der Waals surface area contributed by atoms with E-state index in [2.05, 4.69) is 11.4 Å². The third-order valence-electron chi connectivity index (χ3n) is 3.55. The number of hydrogen-bond donors (Lipinski definition) is 2. The Kier molecular flexibility index (Phi) is 6.35. The molecule has 5 nitrogen and oxygen atoms in total. The van der Waals surface area contributed by atoms with Gasteiger partial charge in [-0.3, -0.25) is 4.79 Å². The summed E-state index contributed by atoms with van der Waals surface area (Å²) in [6, 6.07) is 15.7. The van der Waals surface area contributed by atoms with Crippen LogP contribution in [-0.4, -0.2) is 24.2 Å². The minimum absolute atomic E-state index is 0.116. The van der Waals surface area contributed by atoms with Gasteiger partial charge in [-0.2, -0.15) is 5.26 Å². The zero-order chi connectivity index (χ0) is 17.4. The topological polar surface area (TPSA) is 82.3 Å². The molecule has 0 aliphatic carbocycles. The molecular formula is C19H20N2O3. The molecule has 2 aromatic carbocycles. The lowest BCUT2D eigenvalue weighted by Crippen LogP contribution is -2.28. The normalized spacial score (nSPS) is 11.4. The SMILES string of the molecule is CC(CCO)CNC(=O)c1cccc(Oc2ccc(C#N)cc2)c1. The van der Waals surface area contributed by atoms with Crippen molar-refractivity contribution in [2.24, 2.45) is 5.92 Å². The zero-order valence-corrected chi connectivity index (χ0v) is 13.5. The molecule has 124 valence electrons. The quantitative estimate of drug-likeness (QED) is 0.820. The van der Waals surface area contributed by atoms with Crippen molar-refractivity contribution in [1.82, 2.24) is 5.32 Å². The fourth-order valence-electron chi connectivity index (χ4n) is 2.13. The largest absolute Gasteiger partial charge is 0.457 e. The molecule has 5 heteroatoms. The van der Waals surface area contributed by atoms with Crippen molar-refractivity contribution in [3.05, 3.63) is 59.7 Å². The maximum Gasteiger partial charge on any atom is 0.251 e. The van der Waals surface area contributed by atoms with Gasteiger partial charge in [0, 0.05) is 18.7 Å². The lowest BCUT2D eigenvalue weighted by molar-refractivity contribution is 0.0945. The lowest BCUT2D eigenvalue weighted by Gasteiger charge is -2.12. The second-order valence-corrected chi connectivity index (χ2v) is 5.59. The third-order valence-corrected chi connectivity index (χ3v) is 3.55. The molecule has 1 amide bonds. The highest BCUT2D eigenvalue weighted by molar-refractivity contribution is 5.94. The van der Waals surface area contributed by atoms with Crippen LogP contribution in [0.15, 0.2) is 48.5 Å². The van der Waals surface area contributed by atoms with Crippen LogP contribution in [0, 0.1) is 17.2 Å². The number of aliphatic hydroxyl groups is 1. The van der Waals surface area contributed by atoms with E-state index in [-0.39, 0.29) is 18.4 Å². The molecule has 0 bridgehead atoms. The van der Waals surface area contributed by atoms with Gasteiger partial charge >= 0.3 is 0 Å². The summed E-state index contributed by atoms with van der Waals surface area (Å²) in [7, 11) is 0. The zero-order valence-electron chi connectivity index (χ0n) is 13.5. The number of hydrogen-bond acceptors (Lipinski definition) is 4. The number of benzene rings is 2. The predicted molar refractivity (Wildman–Crippen MR) is 90.9 cm³/mol. The van der Waals surface area contributed by atoms with Crippen molar-refractivity contribution in [3.63, 3.8) is 0 Å². The number of nitriles is 1. The van der Waals surface area contributed by atoms with E-state index in [1.165, 1.54) is 0 Å². The highest BCUT2D eigenvalue weighted by Crippen LogP contribution is 2.22. The first-order valence-corrected chi connectivity index (χ1v) is 7.79. The summed E-state index contributed by atoms with van der Waals surface area (Å²) in [5.41, 5.74) is 1.07. The van der Waals surface area contributed by atoms with E-state index in [4.69, 9.17) is 15.1 Å². The number of ether oxygens (including phenoxy) is 1. The van der Waals surface area contributed by atoms with E-state index in [1.807, 2.05) is 6.92 Å². The minimum atomic E-state index is -0.176. The van der Waals surface area contributed by atoms with Crippen LogP contribution in [0.3, 0.4) is 0 Å². The standard InChI is InChI=1S/C19H20N2O3/c1-14(9-10-22)13-21-19(23)16-3-2-4-18(11-16)24-17-7-5-15(12-20)6-8-17/h2-8,11,14,22H,9-10,13H2,1H3,(H,21,23). The van der Waals surface area contributed by atoms with Crippen LogP contribution < -0.4 is 10.1 Å². The van der Waals surface area contributed by atoms with Crippen molar-refractivity contribution in [2.75, 3.05) is 13.2 Å². The van der Waals surface area contributed by atoms with Gasteiger partial charge in [0.1, 0.15) is 11.5 Å². The Labute approximate surface area is 141 Å². The van der Waals surface area contributed by atoms with Crippen LogP contribution in [0.2, 0.25) is 0 Å². The Morgan fingerprint density at radius 3 is 2.67 bits per heavy atom. The van der Waals surface area contributed by atoms with Gasteiger partial charge < -0.3 is 15.2 Å². The number of rotatable bonds is 7. The fraction of sp³-hybridized carbons (Fsp3) is 0.263. The van der Waals surface area contributed by atoms with E-state index < -0.39 is 0 Å². The highest BCUT2D eigenvalue weighted by atomic mass is 16.5. The minimum Gasteiger partial charge on any atom is -0.457 e. The number of carbonyl (C=O) groups is 1. The Bertz CT molecular complexity index is 720. The van der Waals surface area contributed by atoms with Crippen LogP contribution in [-0.2, 0) is 0 Å². The molecule has 0 aliphatic rings. The molecule has 0 spiro atoms. The van der Waals surface area contributed by atoms with Crippen molar-refractivity contribution >= 4 is 5.91 Å². The number of carbonyl (C=O) groups excluding carboxylic acids is 1. The predicted octanol–water partition coefficient (Wildman–Crippen LogP) is 3.10. The summed E-state index contributed by atoms with van der Waals surface area (Å²) in [4.78, 5) is 12.2. The summed E-state index contributed by atoms with van der Waals surface area (Å²) < 4.78 is 5.71. The summed E-state index contributed by atoms with van der Waals surface area (Å²) >= 11 is 0. The number of aliphatic hydroxyl groups excluding tert-OH is 1. The molecule has 0 aliphatic heterocycles. The molecule has 2 rings (SSSR count). The lowest BCUT2D eigenvalue weighted by atomic mass is 10.1.